The van der Waals surface area contributed by atoms with Gasteiger partial charge in [-0.2, -0.15) is 0 Å². The summed E-state index contributed by atoms with van der Waals surface area (Å²) in [5, 5.41) is 9.10. The summed E-state index contributed by atoms with van der Waals surface area (Å²) in [4.78, 5) is 0. The van der Waals surface area contributed by atoms with E-state index in [1.54, 1.807) is 13.8 Å². The summed E-state index contributed by atoms with van der Waals surface area (Å²) in [6, 6.07) is 0. The molecule has 0 aliphatic heterocycles. The van der Waals surface area contributed by atoms with Crippen LogP contribution in [0.5, 0.6) is 0 Å². The van der Waals surface area contributed by atoms with E-state index in [1.807, 2.05) is 0 Å². The van der Waals surface area contributed by atoms with Crippen LogP contribution in [0.4, 0.5) is 0 Å². The van der Waals surface area contributed by atoms with Crippen LogP contribution in [-0.2, 0) is 0 Å². The Balaban J connectivity index is 3.68. The fourth-order valence-corrected chi connectivity index (χ4v) is 0.236. The van der Waals surface area contributed by atoms with Gasteiger partial charge in [-0.3, -0.25) is 0 Å². The predicted octanol–water partition coefficient (Wildman–Crippen LogP) is 1.41. The average Bonchev–Trinajstić information content (AvgIpc) is 1.60. The van der Waals surface area contributed by atoms with E-state index >= 15 is 0 Å². The predicted molar refractivity (Wildman–Crippen MR) is 31.1 cm³/mol. The van der Waals surface area contributed by atoms with Crippen molar-refractivity contribution in [2.45, 2.75) is 33.2 Å². The van der Waals surface area contributed by atoms with Crippen LogP contribution < -0.4 is 0 Å². The maximum atomic E-state index is 9.10. The van der Waals surface area contributed by atoms with Crippen molar-refractivity contribution < 1.29 is 9.22 Å². The van der Waals surface area contributed by atoms with Crippen molar-refractivity contribution in [2.24, 2.45) is 5.92 Å². The van der Waals surface area contributed by atoms with Gasteiger partial charge in [-0.15, -0.1) is 0 Å². The quantitative estimate of drug-likeness (QED) is 0.563. The van der Waals surface area contributed by atoms with Gasteiger partial charge in [0.25, 0.3) is 0 Å². The SMILES string of the molecule is [2H]C([2H])([2H])CC(O)C(C)C. The highest BCUT2D eigenvalue weighted by atomic mass is 16.3. The van der Waals surface area contributed by atoms with Crippen LogP contribution >= 0.6 is 0 Å². The Morgan fingerprint density at radius 1 is 1.71 bits per heavy atom. The minimum atomic E-state index is -2.00. The van der Waals surface area contributed by atoms with Crippen LogP contribution in [0, 0.1) is 5.92 Å². The first-order valence-electron chi connectivity index (χ1n) is 4.01. The molecule has 0 radical (unpaired) electrons. The molecule has 0 bridgehead atoms. The monoisotopic (exact) mass is 105 g/mol. The first-order valence-corrected chi connectivity index (χ1v) is 2.51. The van der Waals surface area contributed by atoms with Gasteiger partial charge < -0.3 is 5.11 Å². The zero-order chi connectivity index (χ0) is 8.36. The standard InChI is InChI=1S/C6H14O/c1-4-6(7)5(2)3/h5-7H,4H2,1-3H3/i1D3. The molecule has 0 rings (SSSR count). The van der Waals surface area contributed by atoms with E-state index in [4.69, 9.17) is 9.22 Å². The second kappa shape index (κ2) is 3.03. The summed E-state index contributed by atoms with van der Waals surface area (Å²) in [5.74, 6) is 0.0282. The van der Waals surface area contributed by atoms with Crippen LogP contribution in [0.3, 0.4) is 0 Å². The zero-order valence-corrected chi connectivity index (χ0v) is 4.81. The average molecular weight is 105 g/mol. The molecule has 1 N–H and O–H groups in total. The number of hydrogen-bond acceptors (Lipinski definition) is 1. The smallest absolute Gasteiger partial charge is 0.0560 e. The largest absolute Gasteiger partial charge is 0.393 e. The van der Waals surface area contributed by atoms with E-state index in [9.17, 15) is 0 Å². The molecule has 0 aliphatic rings. The van der Waals surface area contributed by atoms with Crippen LogP contribution in [0.1, 0.15) is 31.2 Å². The summed E-state index contributed by atoms with van der Waals surface area (Å²) >= 11 is 0. The normalized spacial score (nSPS) is 23.1. The Kier molecular flexibility index (Phi) is 1.33. The molecule has 0 amide bonds. The molecular weight excluding hydrogens is 88.1 g/mol. The highest BCUT2D eigenvalue weighted by molar-refractivity contribution is 4.54. The van der Waals surface area contributed by atoms with Gasteiger partial charge in [0.05, 0.1) is 6.10 Å². The third-order valence-corrected chi connectivity index (χ3v) is 0.979. The van der Waals surface area contributed by atoms with Gasteiger partial charge in [0.2, 0.25) is 0 Å². The Morgan fingerprint density at radius 2 is 2.29 bits per heavy atom. The molecule has 0 aromatic rings. The number of aliphatic hydroxyl groups excluding tert-OH is 1. The molecule has 1 atom stereocenters. The van der Waals surface area contributed by atoms with Gasteiger partial charge in [0.15, 0.2) is 0 Å². The lowest BCUT2D eigenvalue weighted by atomic mass is 10.1. The second-order valence-electron chi connectivity index (χ2n) is 2.02. The lowest BCUT2D eigenvalue weighted by molar-refractivity contribution is 0.121. The van der Waals surface area contributed by atoms with Gasteiger partial charge in [-0.1, -0.05) is 20.7 Å². The van der Waals surface area contributed by atoms with Crippen LogP contribution in [0.25, 0.3) is 0 Å². The van der Waals surface area contributed by atoms with Crippen molar-refractivity contribution in [1.82, 2.24) is 0 Å². The molecule has 0 fully saturated rings. The molecule has 0 heterocycles. The molecular formula is C6H14O. The Labute approximate surface area is 49.6 Å². The van der Waals surface area contributed by atoms with Gasteiger partial charge >= 0.3 is 0 Å². The number of rotatable bonds is 2. The van der Waals surface area contributed by atoms with Gasteiger partial charge in [-0.25, -0.2) is 0 Å². The molecule has 7 heavy (non-hydrogen) atoms. The lowest BCUT2D eigenvalue weighted by Crippen LogP contribution is -2.11. The first kappa shape index (κ1) is 3.08. The van der Waals surface area contributed by atoms with E-state index in [1.165, 1.54) is 0 Å². The minimum Gasteiger partial charge on any atom is -0.393 e. The van der Waals surface area contributed by atoms with E-state index in [2.05, 4.69) is 0 Å². The van der Waals surface area contributed by atoms with Crippen molar-refractivity contribution in [1.29, 1.82) is 0 Å². The van der Waals surface area contributed by atoms with E-state index in [0.29, 0.717) is 0 Å². The van der Waals surface area contributed by atoms with Crippen molar-refractivity contribution >= 4 is 0 Å². The summed E-state index contributed by atoms with van der Waals surface area (Å²) in [6.45, 7) is 1.61. The Hall–Kier alpha value is -0.0400. The molecule has 0 aromatic heterocycles. The van der Waals surface area contributed by atoms with Crippen molar-refractivity contribution in [3.63, 3.8) is 0 Å². The molecule has 0 spiro atoms. The summed E-state index contributed by atoms with van der Waals surface area (Å²) in [6.07, 6.45) is -0.808. The van der Waals surface area contributed by atoms with Crippen molar-refractivity contribution in [2.75, 3.05) is 0 Å². The zero-order valence-electron chi connectivity index (χ0n) is 7.81. The fraction of sp³-hybridized carbons (Fsp3) is 1.00. The first-order chi connectivity index (χ1) is 4.33. The maximum absolute atomic E-state index is 9.10. The molecule has 1 unspecified atom stereocenters. The van der Waals surface area contributed by atoms with Gasteiger partial charge in [0, 0.05) is 4.11 Å². The second-order valence-corrected chi connectivity index (χ2v) is 2.02. The highest BCUT2D eigenvalue weighted by Crippen LogP contribution is 2.02. The Morgan fingerprint density at radius 3 is 2.43 bits per heavy atom. The third-order valence-electron chi connectivity index (χ3n) is 0.979. The molecule has 0 saturated heterocycles. The summed E-state index contributed by atoms with van der Waals surface area (Å²) in [5.41, 5.74) is 0. The minimum absolute atomic E-state index is 0.0282. The van der Waals surface area contributed by atoms with Crippen molar-refractivity contribution in [3.8, 4) is 0 Å². The topological polar surface area (TPSA) is 20.2 Å². The Bertz CT molecular complexity index is 97.7. The highest BCUT2D eigenvalue weighted by Gasteiger charge is 2.03. The van der Waals surface area contributed by atoms with Crippen molar-refractivity contribution in [3.05, 3.63) is 0 Å². The molecule has 0 aromatic carbocycles. The van der Waals surface area contributed by atoms with E-state index in [0.717, 1.165) is 0 Å². The van der Waals surface area contributed by atoms with Crippen LogP contribution in [0.2, 0.25) is 0 Å². The molecule has 1 nitrogen and oxygen atoms in total. The van der Waals surface area contributed by atoms with Gasteiger partial charge in [0.1, 0.15) is 0 Å². The van der Waals surface area contributed by atoms with Crippen LogP contribution in [-0.4, -0.2) is 11.2 Å². The third kappa shape index (κ3) is 2.63. The number of hydrogen-bond donors (Lipinski definition) is 1. The molecule has 0 aliphatic carbocycles. The van der Waals surface area contributed by atoms with E-state index in [-0.39, 0.29) is 12.3 Å². The number of aliphatic hydroxyl groups is 1. The van der Waals surface area contributed by atoms with E-state index < -0.39 is 13.0 Å². The maximum Gasteiger partial charge on any atom is 0.0560 e. The van der Waals surface area contributed by atoms with Crippen LogP contribution in [0.15, 0.2) is 0 Å². The molecule has 44 valence electrons. The lowest BCUT2D eigenvalue weighted by Gasteiger charge is -2.09. The molecule has 0 saturated carbocycles. The van der Waals surface area contributed by atoms with Gasteiger partial charge in [-0.05, 0) is 12.3 Å². The fourth-order valence-electron chi connectivity index (χ4n) is 0.236. The summed E-state index contributed by atoms with van der Waals surface area (Å²) in [7, 11) is 0. The summed E-state index contributed by atoms with van der Waals surface area (Å²) < 4.78 is 20.5. The molecule has 1 heteroatoms.